The van der Waals surface area contributed by atoms with Crippen LogP contribution < -0.4 is 0 Å². The van der Waals surface area contributed by atoms with Gasteiger partial charge in [-0.2, -0.15) is 0 Å². The lowest BCUT2D eigenvalue weighted by Gasteiger charge is -2.28. The first-order valence-electron chi connectivity index (χ1n) is 9.14. The molecule has 0 spiro atoms. The SMILES string of the molecule is CCCCOP(=O)(CCC(C)(C)c1cc(O)ccc1O)OCCCC. The number of hydrogen-bond acceptors (Lipinski definition) is 5. The van der Waals surface area contributed by atoms with E-state index in [-0.39, 0.29) is 17.7 Å². The molecular weight excluding hydrogens is 339 g/mol. The molecule has 144 valence electrons. The summed E-state index contributed by atoms with van der Waals surface area (Å²) < 4.78 is 24.3. The third kappa shape index (κ3) is 7.39. The Balaban J connectivity index is 2.81. The number of unbranched alkanes of at least 4 members (excludes halogenated alkanes) is 2. The number of aromatic hydroxyl groups is 2. The number of phenols is 2. The van der Waals surface area contributed by atoms with Gasteiger partial charge in [0, 0.05) is 5.56 Å². The molecule has 0 radical (unpaired) electrons. The van der Waals surface area contributed by atoms with Gasteiger partial charge in [-0.25, -0.2) is 0 Å². The third-order valence-corrected chi connectivity index (χ3v) is 6.21. The minimum absolute atomic E-state index is 0.0995. The second-order valence-electron chi connectivity index (χ2n) is 7.04. The Hall–Kier alpha value is -1.03. The summed E-state index contributed by atoms with van der Waals surface area (Å²) in [6.45, 7) is 8.86. The van der Waals surface area contributed by atoms with Crippen LogP contribution in [-0.2, 0) is 19.0 Å². The Morgan fingerprint density at radius 1 is 1.04 bits per heavy atom. The second kappa shape index (κ2) is 10.2. The first-order chi connectivity index (χ1) is 11.7. The molecule has 6 heteroatoms. The average molecular weight is 372 g/mol. The summed E-state index contributed by atoms with van der Waals surface area (Å²) in [6.07, 6.45) is 4.42. The van der Waals surface area contributed by atoms with Crippen LogP contribution in [-0.4, -0.2) is 29.6 Å². The van der Waals surface area contributed by atoms with Gasteiger partial charge >= 0.3 is 7.60 Å². The highest BCUT2D eigenvalue weighted by Gasteiger charge is 2.31. The van der Waals surface area contributed by atoms with E-state index in [0.29, 0.717) is 25.2 Å². The molecule has 0 saturated heterocycles. The van der Waals surface area contributed by atoms with Crippen LogP contribution in [0.25, 0.3) is 0 Å². The van der Waals surface area contributed by atoms with Crippen molar-refractivity contribution in [3.05, 3.63) is 23.8 Å². The van der Waals surface area contributed by atoms with Gasteiger partial charge in [0.2, 0.25) is 0 Å². The Morgan fingerprint density at radius 3 is 2.12 bits per heavy atom. The van der Waals surface area contributed by atoms with E-state index in [9.17, 15) is 14.8 Å². The van der Waals surface area contributed by atoms with E-state index < -0.39 is 13.0 Å². The highest BCUT2D eigenvalue weighted by molar-refractivity contribution is 7.53. The van der Waals surface area contributed by atoms with Crippen molar-refractivity contribution in [2.45, 2.75) is 65.2 Å². The van der Waals surface area contributed by atoms with Crippen molar-refractivity contribution in [2.75, 3.05) is 19.4 Å². The molecule has 0 unspecified atom stereocenters. The first-order valence-corrected chi connectivity index (χ1v) is 10.9. The highest BCUT2D eigenvalue weighted by atomic mass is 31.2. The highest BCUT2D eigenvalue weighted by Crippen LogP contribution is 2.51. The smallest absolute Gasteiger partial charge is 0.330 e. The van der Waals surface area contributed by atoms with Crippen LogP contribution in [0, 0.1) is 0 Å². The molecule has 0 aromatic heterocycles. The summed E-state index contributed by atoms with van der Waals surface area (Å²) in [5, 5.41) is 19.8. The molecule has 0 amide bonds. The summed E-state index contributed by atoms with van der Waals surface area (Å²) in [7, 11) is -3.17. The minimum atomic E-state index is -3.17. The summed E-state index contributed by atoms with van der Waals surface area (Å²) in [6, 6.07) is 4.47. The van der Waals surface area contributed by atoms with Crippen molar-refractivity contribution in [3.8, 4) is 11.5 Å². The lowest BCUT2D eigenvalue weighted by Crippen LogP contribution is -2.20. The summed E-state index contributed by atoms with van der Waals surface area (Å²) >= 11 is 0. The van der Waals surface area contributed by atoms with Crippen molar-refractivity contribution in [1.82, 2.24) is 0 Å². The van der Waals surface area contributed by atoms with Gasteiger partial charge in [0.25, 0.3) is 0 Å². The Kier molecular flexibility index (Phi) is 8.98. The van der Waals surface area contributed by atoms with Gasteiger partial charge in [-0.05, 0) is 42.9 Å². The summed E-state index contributed by atoms with van der Waals surface area (Å²) in [5.74, 6) is 0.221. The van der Waals surface area contributed by atoms with Crippen LogP contribution >= 0.6 is 7.60 Å². The van der Waals surface area contributed by atoms with E-state index >= 15 is 0 Å². The molecule has 2 N–H and O–H groups in total. The normalized spacial score (nSPS) is 12.5. The molecule has 1 rings (SSSR count). The quantitative estimate of drug-likeness (QED) is 0.284. The molecule has 1 aromatic carbocycles. The fraction of sp³-hybridized carbons (Fsp3) is 0.684. The van der Waals surface area contributed by atoms with Crippen LogP contribution in [0.2, 0.25) is 0 Å². The molecule has 0 fully saturated rings. The van der Waals surface area contributed by atoms with Crippen LogP contribution in [0.5, 0.6) is 11.5 Å². The van der Waals surface area contributed by atoms with Crippen LogP contribution in [0.3, 0.4) is 0 Å². The average Bonchev–Trinajstić information content (AvgIpc) is 2.56. The Bertz CT molecular complexity index is 557. The maximum Gasteiger partial charge on any atom is 0.330 e. The largest absolute Gasteiger partial charge is 0.508 e. The predicted octanol–water partition coefficient (Wildman–Crippen LogP) is 5.59. The monoisotopic (exact) mass is 372 g/mol. The maximum atomic E-state index is 13.0. The Labute approximate surface area is 151 Å². The van der Waals surface area contributed by atoms with E-state index in [2.05, 4.69) is 13.8 Å². The number of benzene rings is 1. The topological polar surface area (TPSA) is 76.0 Å². The molecular formula is C19H33O5P. The van der Waals surface area contributed by atoms with Crippen LogP contribution in [0.4, 0.5) is 0 Å². The van der Waals surface area contributed by atoms with Gasteiger partial charge in [-0.15, -0.1) is 0 Å². The van der Waals surface area contributed by atoms with E-state index in [1.807, 2.05) is 13.8 Å². The molecule has 1 aromatic rings. The minimum Gasteiger partial charge on any atom is -0.508 e. The molecule has 5 nitrogen and oxygen atoms in total. The first kappa shape index (κ1) is 22.0. The van der Waals surface area contributed by atoms with Crippen molar-refractivity contribution < 1.29 is 23.8 Å². The zero-order chi connectivity index (χ0) is 18.9. The molecule has 0 heterocycles. The lowest BCUT2D eigenvalue weighted by molar-refractivity contribution is 0.197. The van der Waals surface area contributed by atoms with Crippen molar-refractivity contribution in [2.24, 2.45) is 0 Å². The lowest BCUT2D eigenvalue weighted by atomic mass is 9.81. The van der Waals surface area contributed by atoms with Crippen LogP contribution in [0.15, 0.2) is 18.2 Å². The third-order valence-electron chi connectivity index (χ3n) is 4.29. The maximum absolute atomic E-state index is 13.0. The fourth-order valence-electron chi connectivity index (χ4n) is 2.48. The number of phenolic OH excluding ortho intramolecular Hbond substituents is 2. The van der Waals surface area contributed by atoms with Gasteiger partial charge in [0.15, 0.2) is 0 Å². The van der Waals surface area contributed by atoms with Gasteiger partial charge < -0.3 is 19.3 Å². The zero-order valence-corrected chi connectivity index (χ0v) is 16.8. The predicted molar refractivity (Wildman–Crippen MR) is 102 cm³/mol. The molecule has 0 bridgehead atoms. The summed E-state index contributed by atoms with van der Waals surface area (Å²) in [4.78, 5) is 0. The molecule has 0 aliphatic carbocycles. The van der Waals surface area contributed by atoms with E-state index in [0.717, 1.165) is 25.7 Å². The van der Waals surface area contributed by atoms with Crippen molar-refractivity contribution in [1.29, 1.82) is 0 Å². The van der Waals surface area contributed by atoms with Gasteiger partial charge in [0.1, 0.15) is 11.5 Å². The zero-order valence-electron chi connectivity index (χ0n) is 16.0. The molecule has 0 aliphatic rings. The molecule has 25 heavy (non-hydrogen) atoms. The molecule has 0 atom stereocenters. The van der Waals surface area contributed by atoms with Gasteiger partial charge in [0.05, 0.1) is 19.4 Å². The van der Waals surface area contributed by atoms with Crippen molar-refractivity contribution in [3.63, 3.8) is 0 Å². The summed E-state index contributed by atoms with van der Waals surface area (Å²) in [5.41, 5.74) is 0.155. The number of rotatable bonds is 12. The molecule has 0 saturated carbocycles. The van der Waals surface area contributed by atoms with E-state index in [4.69, 9.17) is 9.05 Å². The van der Waals surface area contributed by atoms with Gasteiger partial charge in [-0.3, -0.25) is 4.57 Å². The Morgan fingerprint density at radius 2 is 1.60 bits per heavy atom. The number of hydrogen-bond donors (Lipinski definition) is 2. The van der Waals surface area contributed by atoms with Crippen LogP contribution in [0.1, 0.15) is 65.4 Å². The van der Waals surface area contributed by atoms with E-state index in [1.54, 1.807) is 6.07 Å². The molecule has 0 aliphatic heterocycles. The second-order valence-corrected chi connectivity index (χ2v) is 9.23. The standard InChI is InChI=1S/C19H33O5P/c1-5-7-12-23-25(22,24-13-8-6-2)14-11-19(3,4)17-15-16(20)9-10-18(17)21/h9-10,15,20-21H,5-8,11-14H2,1-4H3. The van der Waals surface area contributed by atoms with E-state index in [1.165, 1.54) is 12.1 Å². The van der Waals surface area contributed by atoms with Crippen molar-refractivity contribution >= 4 is 7.60 Å². The van der Waals surface area contributed by atoms with Gasteiger partial charge in [-0.1, -0.05) is 40.5 Å². The fourth-order valence-corrected chi connectivity index (χ4v) is 4.46.